The zero-order valence-electron chi connectivity index (χ0n) is 20.0. The van der Waals surface area contributed by atoms with Gasteiger partial charge in [0.1, 0.15) is 17.1 Å². The predicted molar refractivity (Wildman–Crippen MR) is 133 cm³/mol. The van der Waals surface area contributed by atoms with E-state index in [1.807, 2.05) is 12.1 Å². The van der Waals surface area contributed by atoms with Gasteiger partial charge in [-0.15, -0.1) is 0 Å². The molecule has 5 rings (SSSR count). The summed E-state index contributed by atoms with van der Waals surface area (Å²) in [5.74, 6) is 7.55. The molecule has 188 valence electrons. The number of H-pyrrole nitrogens is 1. The molecule has 0 radical (unpaired) electrons. The summed E-state index contributed by atoms with van der Waals surface area (Å²) in [7, 11) is 3.04. The molecule has 2 aliphatic rings. The van der Waals surface area contributed by atoms with Crippen molar-refractivity contribution in [3.8, 4) is 23.3 Å². The number of nitrogens with zero attached hydrogens (tertiary/aromatic N) is 3. The van der Waals surface area contributed by atoms with E-state index in [1.165, 1.54) is 19.4 Å². The van der Waals surface area contributed by atoms with Crippen molar-refractivity contribution < 1.29 is 19.1 Å². The van der Waals surface area contributed by atoms with Crippen LogP contribution in [0.15, 0.2) is 47.4 Å². The summed E-state index contributed by atoms with van der Waals surface area (Å²) in [5, 5.41) is 8.51. The molecule has 3 amide bonds. The van der Waals surface area contributed by atoms with Gasteiger partial charge in [-0.3, -0.25) is 14.6 Å². The van der Waals surface area contributed by atoms with Crippen LogP contribution < -0.4 is 31.0 Å². The van der Waals surface area contributed by atoms with Crippen LogP contribution in [0.5, 0.6) is 11.5 Å². The van der Waals surface area contributed by atoms with Crippen molar-refractivity contribution in [3.05, 3.63) is 69.8 Å². The fourth-order valence-electron chi connectivity index (χ4n) is 4.17. The first-order valence-corrected chi connectivity index (χ1v) is 11.3. The number of nitrogens with one attached hydrogen (secondary N) is 4. The first kappa shape index (κ1) is 23.7. The molecule has 4 N–H and O–H groups in total. The molecule has 0 spiro atoms. The number of amides is 3. The van der Waals surface area contributed by atoms with Crippen LogP contribution in [0.2, 0.25) is 0 Å². The van der Waals surface area contributed by atoms with Gasteiger partial charge in [-0.2, -0.15) is 0 Å². The van der Waals surface area contributed by atoms with E-state index >= 15 is 0 Å². The minimum atomic E-state index is -1.05. The fourth-order valence-corrected chi connectivity index (χ4v) is 4.17. The fraction of sp³-hybridized carbons (Fsp3) is 0.240. The molecule has 1 saturated heterocycles. The smallest absolute Gasteiger partial charge is 0.316 e. The van der Waals surface area contributed by atoms with Crippen LogP contribution >= 0.6 is 0 Å². The minimum Gasteiger partial charge on any atom is -0.497 e. The van der Waals surface area contributed by atoms with Crippen molar-refractivity contribution in [2.24, 2.45) is 0 Å². The zero-order chi connectivity index (χ0) is 26.0. The Morgan fingerprint density at radius 3 is 2.73 bits per heavy atom. The van der Waals surface area contributed by atoms with Gasteiger partial charge in [0.2, 0.25) is 5.95 Å². The summed E-state index contributed by atoms with van der Waals surface area (Å²) in [6.45, 7) is 0.739. The Kier molecular flexibility index (Phi) is 6.10. The number of aromatic nitrogens is 3. The second kappa shape index (κ2) is 9.54. The lowest BCUT2D eigenvalue weighted by molar-refractivity contribution is 0.0752. The van der Waals surface area contributed by atoms with E-state index in [1.54, 1.807) is 30.2 Å². The summed E-state index contributed by atoms with van der Waals surface area (Å²) < 4.78 is 10.7. The number of rotatable bonds is 6. The molecule has 0 saturated carbocycles. The third kappa shape index (κ3) is 4.87. The van der Waals surface area contributed by atoms with Crippen LogP contribution in [0, 0.1) is 11.8 Å². The van der Waals surface area contributed by atoms with Crippen LogP contribution in [0.3, 0.4) is 0 Å². The van der Waals surface area contributed by atoms with Gasteiger partial charge in [-0.05, 0) is 35.7 Å². The van der Waals surface area contributed by atoms with Crippen molar-refractivity contribution in [3.63, 3.8) is 0 Å². The maximum Gasteiger partial charge on any atom is 0.316 e. The number of fused-ring (bicyclic) bond motifs is 1. The second-order valence-corrected chi connectivity index (χ2v) is 8.48. The third-order valence-corrected chi connectivity index (χ3v) is 5.98. The van der Waals surface area contributed by atoms with Gasteiger partial charge in [0.05, 0.1) is 27.3 Å². The quantitative estimate of drug-likeness (QED) is 0.365. The summed E-state index contributed by atoms with van der Waals surface area (Å²) in [6, 6.07) is 9.62. The van der Waals surface area contributed by atoms with Crippen LogP contribution in [0.4, 0.5) is 16.6 Å². The topological polar surface area (TPSA) is 151 Å². The number of pyridine rings is 1. The molecule has 1 aromatic carbocycles. The lowest BCUT2D eigenvalue weighted by atomic mass is 10.0. The number of hydrogen-bond donors (Lipinski definition) is 4. The van der Waals surface area contributed by atoms with Crippen molar-refractivity contribution in [1.29, 1.82) is 0 Å². The Bertz CT molecular complexity index is 1510. The second-order valence-electron chi connectivity index (χ2n) is 8.48. The molecule has 3 aromatic rings. The molecular weight excluding hydrogens is 478 g/mol. The zero-order valence-corrected chi connectivity index (χ0v) is 20.0. The van der Waals surface area contributed by atoms with E-state index in [0.29, 0.717) is 35.1 Å². The van der Waals surface area contributed by atoms with Crippen molar-refractivity contribution in [1.82, 2.24) is 30.5 Å². The first-order valence-electron chi connectivity index (χ1n) is 11.3. The molecule has 1 unspecified atom stereocenters. The summed E-state index contributed by atoms with van der Waals surface area (Å²) in [6.07, 6.45) is 1.37. The van der Waals surface area contributed by atoms with Gasteiger partial charge in [-0.25, -0.2) is 14.8 Å². The highest BCUT2D eigenvalue weighted by atomic mass is 16.5. The highest BCUT2D eigenvalue weighted by Gasteiger charge is 2.41. The summed E-state index contributed by atoms with van der Waals surface area (Å²) >= 11 is 0. The van der Waals surface area contributed by atoms with Crippen molar-refractivity contribution in [2.75, 3.05) is 32.6 Å². The Hall–Kier alpha value is -5.05. The molecular formula is C25H23N7O5. The standard InChI is InChI=1S/C25H23N7O5/c1-36-16-4-3-15-12-32(22(34)17(15)11-16)14-25(13-27-24(35)31-25)9-7-18-19(37-2)5-6-20(28-18)29-23-26-10-8-21(33)30-23/h3-6,8,10-11H,12-14H2,1-2H3,(H2,27,31,35)(H2,26,28,29,30,33). The lowest BCUT2D eigenvalue weighted by Gasteiger charge is -2.27. The molecule has 1 fully saturated rings. The number of aromatic amines is 1. The highest BCUT2D eigenvalue weighted by molar-refractivity contribution is 5.99. The van der Waals surface area contributed by atoms with Gasteiger partial charge in [0.15, 0.2) is 11.4 Å². The number of urea groups is 1. The molecule has 2 aromatic heterocycles. The number of anilines is 2. The van der Waals surface area contributed by atoms with E-state index in [0.717, 1.165) is 5.56 Å². The molecule has 0 aliphatic carbocycles. The Balaban J connectivity index is 1.43. The molecule has 37 heavy (non-hydrogen) atoms. The number of carbonyl (C=O) groups is 2. The van der Waals surface area contributed by atoms with Crippen LogP contribution in [0.1, 0.15) is 21.6 Å². The predicted octanol–water partition coefficient (Wildman–Crippen LogP) is 0.985. The minimum absolute atomic E-state index is 0.157. The maximum atomic E-state index is 13.1. The normalized spacial score (nSPS) is 17.8. The first-order chi connectivity index (χ1) is 17.9. The summed E-state index contributed by atoms with van der Waals surface area (Å²) in [4.78, 5) is 49.5. The number of ether oxygens (including phenoxy) is 2. The van der Waals surface area contributed by atoms with E-state index < -0.39 is 5.54 Å². The van der Waals surface area contributed by atoms with Gasteiger partial charge >= 0.3 is 6.03 Å². The molecule has 0 bridgehead atoms. The Morgan fingerprint density at radius 1 is 1.14 bits per heavy atom. The molecule has 2 aliphatic heterocycles. The lowest BCUT2D eigenvalue weighted by Crippen LogP contribution is -2.51. The average molecular weight is 502 g/mol. The monoisotopic (exact) mass is 501 g/mol. The molecule has 4 heterocycles. The molecule has 12 nitrogen and oxygen atoms in total. The number of carbonyl (C=O) groups excluding carboxylic acids is 2. The van der Waals surface area contributed by atoms with Crippen molar-refractivity contribution in [2.45, 2.75) is 12.1 Å². The van der Waals surface area contributed by atoms with Crippen molar-refractivity contribution >= 4 is 23.7 Å². The van der Waals surface area contributed by atoms with Crippen LogP contribution in [-0.4, -0.2) is 64.6 Å². The largest absolute Gasteiger partial charge is 0.497 e. The van der Waals surface area contributed by atoms with E-state index in [2.05, 4.69) is 42.7 Å². The van der Waals surface area contributed by atoms with E-state index in [9.17, 15) is 14.4 Å². The highest BCUT2D eigenvalue weighted by Crippen LogP contribution is 2.28. The van der Waals surface area contributed by atoms with Crippen LogP contribution in [0.25, 0.3) is 0 Å². The maximum absolute atomic E-state index is 13.1. The SMILES string of the molecule is COc1ccc2c(c1)C(=O)N(CC1(C#Cc3nc(Nc4nccc(=O)[nH]4)ccc3OC)CNC(=O)N1)C2. The Morgan fingerprint density at radius 2 is 2.00 bits per heavy atom. The van der Waals surface area contributed by atoms with Gasteiger partial charge in [-0.1, -0.05) is 12.0 Å². The summed E-state index contributed by atoms with van der Waals surface area (Å²) in [5.41, 5.74) is 0.373. The number of methoxy groups -OCH3 is 2. The molecule has 1 atom stereocenters. The number of hydrogen-bond acceptors (Lipinski definition) is 8. The van der Waals surface area contributed by atoms with E-state index in [-0.39, 0.29) is 36.5 Å². The number of benzene rings is 1. The van der Waals surface area contributed by atoms with Gasteiger partial charge in [0.25, 0.3) is 11.5 Å². The van der Waals surface area contributed by atoms with Crippen LogP contribution in [-0.2, 0) is 6.54 Å². The van der Waals surface area contributed by atoms with Gasteiger partial charge in [0, 0.05) is 24.4 Å². The third-order valence-electron chi connectivity index (χ3n) is 5.98. The average Bonchev–Trinajstić information content (AvgIpc) is 3.41. The Labute approximate surface area is 211 Å². The van der Waals surface area contributed by atoms with E-state index in [4.69, 9.17) is 9.47 Å². The molecule has 12 heteroatoms. The van der Waals surface area contributed by atoms with Gasteiger partial charge < -0.3 is 30.3 Å².